The van der Waals surface area contributed by atoms with E-state index in [1.54, 1.807) is 29.3 Å². The van der Waals surface area contributed by atoms with E-state index in [2.05, 4.69) is 50.6 Å². The quantitative estimate of drug-likeness (QED) is 0.510. The number of rotatable bonds is 5. The Morgan fingerprint density at radius 3 is 2.72 bits per heavy atom. The molecule has 1 aliphatic carbocycles. The molecular weight excluding hydrogens is 402 g/mol. The van der Waals surface area contributed by atoms with Gasteiger partial charge in [0.15, 0.2) is 11.5 Å². The minimum atomic E-state index is 0.219. The van der Waals surface area contributed by atoms with Gasteiger partial charge in [-0.3, -0.25) is 0 Å². The molecule has 0 aliphatic heterocycles. The van der Waals surface area contributed by atoms with Crippen LogP contribution in [0, 0.1) is 11.3 Å². The van der Waals surface area contributed by atoms with Gasteiger partial charge in [-0.25, -0.2) is 14.6 Å². The highest BCUT2D eigenvalue weighted by Gasteiger charge is 2.20. The van der Waals surface area contributed by atoms with Crippen LogP contribution in [0.25, 0.3) is 22.5 Å². The van der Waals surface area contributed by atoms with Crippen LogP contribution in [-0.2, 0) is 0 Å². The van der Waals surface area contributed by atoms with Gasteiger partial charge in [0.1, 0.15) is 11.8 Å². The van der Waals surface area contributed by atoms with E-state index in [1.807, 2.05) is 16.9 Å². The molecule has 0 bridgehead atoms. The Bertz CT molecular complexity index is 1290. The van der Waals surface area contributed by atoms with E-state index in [0.717, 1.165) is 22.5 Å². The zero-order valence-electron chi connectivity index (χ0n) is 18.2. The molecule has 1 fully saturated rings. The van der Waals surface area contributed by atoms with E-state index < -0.39 is 0 Å². The van der Waals surface area contributed by atoms with Crippen molar-refractivity contribution in [3.05, 3.63) is 48.2 Å². The number of nitrogens with one attached hydrogen (secondary N) is 1. The van der Waals surface area contributed by atoms with E-state index in [9.17, 15) is 0 Å². The predicted octanol–water partition coefficient (Wildman–Crippen LogP) is 4.14. The molecule has 0 radical (unpaired) electrons. The van der Waals surface area contributed by atoms with Gasteiger partial charge in [0.05, 0.1) is 35.5 Å². The van der Waals surface area contributed by atoms with Crippen LogP contribution in [0.15, 0.2) is 36.9 Å². The fourth-order valence-corrected chi connectivity index (χ4v) is 4.29. The Balaban J connectivity index is 1.53. The van der Waals surface area contributed by atoms with Gasteiger partial charge in [0.25, 0.3) is 0 Å². The molecule has 162 valence electrons. The van der Waals surface area contributed by atoms with Gasteiger partial charge in [-0.05, 0) is 32.8 Å². The normalized spacial score (nSPS) is 14.7. The molecule has 0 unspecified atom stereocenters. The summed E-state index contributed by atoms with van der Waals surface area (Å²) in [5, 5.41) is 26.7. The maximum absolute atomic E-state index is 9.11. The van der Waals surface area contributed by atoms with Crippen molar-refractivity contribution in [2.75, 3.05) is 5.32 Å². The van der Waals surface area contributed by atoms with E-state index in [4.69, 9.17) is 5.26 Å². The number of nitrogens with zero attached hydrogens (tertiary/aromatic N) is 8. The summed E-state index contributed by atoms with van der Waals surface area (Å²) in [5.74, 6) is 1.13. The largest absolute Gasteiger partial charge is 0.381 e. The highest BCUT2D eigenvalue weighted by atomic mass is 15.4. The summed E-state index contributed by atoms with van der Waals surface area (Å²) in [6.07, 6.45) is 13.3. The molecule has 0 amide bonds. The number of pyridine rings is 2. The van der Waals surface area contributed by atoms with Crippen LogP contribution in [0.2, 0.25) is 0 Å². The zero-order valence-corrected chi connectivity index (χ0v) is 18.2. The lowest BCUT2D eigenvalue weighted by Gasteiger charge is -2.18. The number of hydrogen-bond donors (Lipinski definition) is 1. The van der Waals surface area contributed by atoms with Gasteiger partial charge in [0.2, 0.25) is 0 Å². The molecule has 4 aromatic heterocycles. The van der Waals surface area contributed by atoms with Gasteiger partial charge >= 0.3 is 0 Å². The average molecular weight is 428 g/mol. The van der Waals surface area contributed by atoms with E-state index in [1.165, 1.54) is 32.1 Å². The summed E-state index contributed by atoms with van der Waals surface area (Å²) in [6.45, 7) is 4.18. The standard InChI is InChI=1S/C23H25N9/c1-15(2)28-19-9-22(32-23-18(12-27-32)8-16(10-24)11-26-23)25-13-21(19)31-14-20(29-30-31)17-6-4-3-5-7-17/h8-9,11-15,17H,3-7H2,1-2H3,(H,25,28). The van der Waals surface area contributed by atoms with Crippen molar-refractivity contribution in [2.45, 2.75) is 57.9 Å². The Kier molecular flexibility index (Phi) is 5.27. The topological polar surface area (TPSA) is 110 Å². The third-order valence-electron chi connectivity index (χ3n) is 5.85. The summed E-state index contributed by atoms with van der Waals surface area (Å²) in [5.41, 5.74) is 3.94. The summed E-state index contributed by atoms with van der Waals surface area (Å²) in [7, 11) is 0. The summed E-state index contributed by atoms with van der Waals surface area (Å²) in [6, 6.07) is 6.05. The average Bonchev–Trinajstić information content (AvgIpc) is 3.46. The first-order valence-corrected chi connectivity index (χ1v) is 11.1. The van der Waals surface area contributed by atoms with Crippen LogP contribution >= 0.6 is 0 Å². The molecule has 32 heavy (non-hydrogen) atoms. The summed E-state index contributed by atoms with van der Waals surface area (Å²) >= 11 is 0. The summed E-state index contributed by atoms with van der Waals surface area (Å²) in [4.78, 5) is 9.05. The van der Waals surface area contributed by atoms with Crippen molar-refractivity contribution in [1.82, 2.24) is 34.7 Å². The lowest BCUT2D eigenvalue weighted by Crippen LogP contribution is -2.14. The van der Waals surface area contributed by atoms with Gasteiger partial charge < -0.3 is 5.32 Å². The maximum Gasteiger partial charge on any atom is 0.164 e. The molecule has 0 atom stereocenters. The number of fused-ring (bicyclic) bond motifs is 1. The minimum absolute atomic E-state index is 0.219. The molecule has 1 saturated carbocycles. The lowest BCUT2D eigenvalue weighted by molar-refractivity contribution is 0.436. The highest BCUT2D eigenvalue weighted by molar-refractivity contribution is 5.77. The number of nitriles is 1. The highest BCUT2D eigenvalue weighted by Crippen LogP contribution is 2.32. The number of hydrogen-bond acceptors (Lipinski definition) is 7. The van der Waals surface area contributed by atoms with E-state index in [-0.39, 0.29) is 6.04 Å². The predicted molar refractivity (Wildman–Crippen MR) is 121 cm³/mol. The third kappa shape index (κ3) is 3.80. The molecule has 0 saturated heterocycles. The van der Waals surface area contributed by atoms with Crippen molar-refractivity contribution in [3.8, 4) is 17.6 Å². The fourth-order valence-electron chi connectivity index (χ4n) is 4.29. The van der Waals surface area contributed by atoms with Crippen LogP contribution in [0.3, 0.4) is 0 Å². The molecular formula is C23H25N9. The van der Waals surface area contributed by atoms with E-state index in [0.29, 0.717) is 22.9 Å². The molecule has 9 heteroatoms. The van der Waals surface area contributed by atoms with Gasteiger partial charge in [-0.1, -0.05) is 24.5 Å². The molecule has 0 spiro atoms. The second kappa shape index (κ2) is 8.38. The van der Waals surface area contributed by atoms with Crippen LogP contribution in [0.1, 0.15) is 63.1 Å². The van der Waals surface area contributed by atoms with Crippen molar-refractivity contribution in [3.63, 3.8) is 0 Å². The Morgan fingerprint density at radius 1 is 1.09 bits per heavy atom. The molecule has 0 aromatic carbocycles. The second-order valence-corrected chi connectivity index (χ2v) is 8.59. The lowest BCUT2D eigenvalue weighted by atomic mass is 9.87. The van der Waals surface area contributed by atoms with Crippen molar-refractivity contribution in [2.24, 2.45) is 0 Å². The molecule has 1 aliphatic rings. The zero-order chi connectivity index (χ0) is 22.1. The SMILES string of the molecule is CC(C)Nc1cc(-n2ncc3cc(C#N)cnc32)ncc1-n1cc(C2CCCCC2)nn1. The van der Waals surface area contributed by atoms with E-state index >= 15 is 0 Å². The Labute approximate surface area is 186 Å². The first kappa shape index (κ1) is 20.1. The Hall–Kier alpha value is -3.80. The number of anilines is 1. The van der Waals surface area contributed by atoms with Crippen molar-refractivity contribution in [1.29, 1.82) is 5.26 Å². The Morgan fingerprint density at radius 2 is 1.94 bits per heavy atom. The molecule has 9 nitrogen and oxygen atoms in total. The van der Waals surface area contributed by atoms with Crippen molar-refractivity contribution < 1.29 is 0 Å². The van der Waals surface area contributed by atoms with Gasteiger partial charge in [-0.15, -0.1) is 5.10 Å². The van der Waals surface area contributed by atoms with Crippen molar-refractivity contribution >= 4 is 16.7 Å². The van der Waals surface area contributed by atoms with Crippen LogP contribution in [-0.4, -0.2) is 40.8 Å². The van der Waals surface area contributed by atoms with Crippen LogP contribution < -0.4 is 5.32 Å². The second-order valence-electron chi connectivity index (χ2n) is 8.59. The number of aromatic nitrogens is 7. The molecule has 4 aromatic rings. The molecule has 1 N–H and O–H groups in total. The smallest absolute Gasteiger partial charge is 0.164 e. The third-order valence-corrected chi connectivity index (χ3v) is 5.85. The monoisotopic (exact) mass is 427 g/mol. The van der Waals surface area contributed by atoms with Crippen LogP contribution in [0.4, 0.5) is 5.69 Å². The van der Waals surface area contributed by atoms with Gasteiger partial charge in [0, 0.05) is 29.6 Å². The minimum Gasteiger partial charge on any atom is -0.381 e. The molecule has 5 rings (SSSR count). The first-order chi connectivity index (χ1) is 15.6. The summed E-state index contributed by atoms with van der Waals surface area (Å²) < 4.78 is 3.49. The maximum atomic E-state index is 9.11. The molecule has 4 heterocycles. The van der Waals surface area contributed by atoms with Crippen LogP contribution in [0.5, 0.6) is 0 Å². The van der Waals surface area contributed by atoms with Gasteiger partial charge in [-0.2, -0.15) is 15.0 Å². The first-order valence-electron chi connectivity index (χ1n) is 11.1. The fraction of sp³-hybridized carbons (Fsp3) is 0.391.